The highest BCUT2D eigenvalue weighted by Crippen LogP contribution is 2.22. The maximum atomic E-state index is 12.2. The first-order chi connectivity index (χ1) is 12.6. The normalized spacial score (nSPS) is 10.5. The van der Waals surface area contributed by atoms with Crippen LogP contribution in [0.4, 0.5) is 10.8 Å². The van der Waals surface area contributed by atoms with Crippen LogP contribution in [0.3, 0.4) is 0 Å². The van der Waals surface area contributed by atoms with Gasteiger partial charge in [0, 0.05) is 28.2 Å². The smallest absolute Gasteiger partial charge is 0.245 e. The number of aromatic nitrogens is 1. The molecular formula is C20H20ClN3OS. The third-order valence-electron chi connectivity index (χ3n) is 3.90. The third kappa shape index (κ3) is 5.07. The second-order valence-corrected chi connectivity index (χ2v) is 7.40. The fraction of sp³-hybridized carbons (Fsp3) is 0.200. The number of benzene rings is 2. The van der Waals surface area contributed by atoms with E-state index >= 15 is 0 Å². The Morgan fingerprint density at radius 1 is 1.19 bits per heavy atom. The lowest BCUT2D eigenvalue weighted by atomic mass is 10.1. The van der Waals surface area contributed by atoms with E-state index in [1.165, 1.54) is 16.9 Å². The fourth-order valence-corrected chi connectivity index (χ4v) is 3.71. The summed E-state index contributed by atoms with van der Waals surface area (Å²) in [6.45, 7) is 2.30. The van der Waals surface area contributed by atoms with Gasteiger partial charge in [-0.2, -0.15) is 0 Å². The Hall–Kier alpha value is -2.37. The molecular weight excluding hydrogens is 366 g/mol. The molecule has 26 heavy (non-hydrogen) atoms. The number of thiazole rings is 1. The Labute approximate surface area is 162 Å². The highest BCUT2D eigenvalue weighted by Gasteiger charge is 2.08. The lowest BCUT2D eigenvalue weighted by Crippen LogP contribution is -2.22. The van der Waals surface area contributed by atoms with E-state index in [0.29, 0.717) is 5.13 Å². The van der Waals surface area contributed by atoms with Gasteiger partial charge in [-0.3, -0.25) is 4.79 Å². The van der Waals surface area contributed by atoms with E-state index in [9.17, 15) is 4.79 Å². The van der Waals surface area contributed by atoms with Crippen LogP contribution < -0.4 is 10.6 Å². The summed E-state index contributed by atoms with van der Waals surface area (Å²) in [5.41, 5.74) is 3.31. The van der Waals surface area contributed by atoms with E-state index in [4.69, 9.17) is 11.6 Å². The largest absolute Gasteiger partial charge is 0.376 e. The number of amides is 1. The van der Waals surface area contributed by atoms with Gasteiger partial charge in [0.1, 0.15) is 0 Å². The van der Waals surface area contributed by atoms with Gasteiger partial charge < -0.3 is 10.6 Å². The van der Waals surface area contributed by atoms with E-state index in [0.717, 1.165) is 34.0 Å². The highest BCUT2D eigenvalue weighted by molar-refractivity contribution is 7.15. The van der Waals surface area contributed by atoms with Crippen molar-refractivity contribution in [2.75, 3.05) is 17.2 Å². The number of hydrogen-bond acceptors (Lipinski definition) is 4. The summed E-state index contributed by atoms with van der Waals surface area (Å²) in [5, 5.41) is 7.36. The monoisotopic (exact) mass is 385 g/mol. The van der Waals surface area contributed by atoms with Gasteiger partial charge in [-0.15, -0.1) is 11.3 Å². The maximum Gasteiger partial charge on any atom is 0.245 e. The number of nitrogens with one attached hydrogen (secondary N) is 2. The van der Waals surface area contributed by atoms with Crippen LogP contribution in [-0.2, 0) is 17.6 Å². The number of hydrogen-bond donors (Lipinski definition) is 2. The molecule has 0 saturated carbocycles. The molecule has 0 bridgehead atoms. The molecule has 0 spiro atoms. The van der Waals surface area contributed by atoms with Gasteiger partial charge in [0.05, 0.1) is 6.54 Å². The molecule has 0 atom stereocenters. The van der Waals surface area contributed by atoms with Crippen LogP contribution in [-0.4, -0.2) is 17.4 Å². The third-order valence-corrected chi connectivity index (χ3v) is 5.05. The Morgan fingerprint density at radius 3 is 2.85 bits per heavy atom. The van der Waals surface area contributed by atoms with Gasteiger partial charge in [-0.05, 0) is 35.7 Å². The molecule has 2 N–H and O–H groups in total. The van der Waals surface area contributed by atoms with Crippen molar-refractivity contribution in [1.29, 1.82) is 0 Å². The lowest BCUT2D eigenvalue weighted by Gasteiger charge is -2.10. The van der Waals surface area contributed by atoms with Crippen molar-refractivity contribution in [2.45, 2.75) is 19.8 Å². The van der Waals surface area contributed by atoms with Crippen LogP contribution in [0.15, 0.2) is 54.7 Å². The first-order valence-electron chi connectivity index (χ1n) is 8.45. The standard InChI is InChI=1S/C20H20ClN3OS/c1-2-15-7-3-4-9-18(15)22-13-19(25)24-20-23-12-17(26-20)11-14-6-5-8-16(21)10-14/h3-10,12,22H,2,11,13H2,1H3,(H,23,24,25). The van der Waals surface area contributed by atoms with E-state index in [2.05, 4.69) is 28.6 Å². The summed E-state index contributed by atoms with van der Waals surface area (Å²) in [4.78, 5) is 17.5. The molecule has 2 aromatic carbocycles. The minimum atomic E-state index is -0.112. The molecule has 134 valence electrons. The second kappa shape index (κ2) is 8.83. The summed E-state index contributed by atoms with van der Waals surface area (Å²) in [6.07, 6.45) is 3.46. The number of anilines is 2. The maximum absolute atomic E-state index is 12.2. The minimum absolute atomic E-state index is 0.112. The molecule has 0 unspecified atom stereocenters. The SMILES string of the molecule is CCc1ccccc1NCC(=O)Nc1ncc(Cc2cccc(Cl)c2)s1. The Balaban J connectivity index is 1.54. The zero-order valence-electron chi connectivity index (χ0n) is 14.5. The minimum Gasteiger partial charge on any atom is -0.376 e. The lowest BCUT2D eigenvalue weighted by molar-refractivity contribution is -0.114. The Kier molecular flexibility index (Phi) is 6.26. The van der Waals surface area contributed by atoms with Crippen LogP contribution in [0, 0.1) is 0 Å². The highest BCUT2D eigenvalue weighted by atomic mass is 35.5. The van der Waals surface area contributed by atoms with E-state index < -0.39 is 0 Å². The number of halogens is 1. The zero-order valence-corrected chi connectivity index (χ0v) is 16.0. The average molecular weight is 386 g/mol. The molecule has 0 fully saturated rings. The van der Waals surface area contributed by atoms with Crippen molar-refractivity contribution in [2.24, 2.45) is 0 Å². The van der Waals surface area contributed by atoms with Crippen molar-refractivity contribution in [1.82, 2.24) is 4.98 Å². The molecule has 1 amide bonds. The van der Waals surface area contributed by atoms with Gasteiger partial charge in [0.25, 0.3) is 0 Å². The van der Waals surface area contributed by atoms with Crippen LogP contribution >= 0.6 is 22.9 Å². The molecule has 3 rings (SSSR count). The fourth-order valence-electron chi connectivity index (χ4n) is 2.64. The van der Waals surface area contributed by atoms with Gasteiger partial charge in [-0.25, -0.2) is 4.98 Å². The van der Waals surface area contributed by atoms with E-state index in [1.807, 2.05) is 42.5 Å². The van der Waals surface area contributed by atoms with Gasteiger partial charge >= 0.3 is 0 Å². The van der Waals surface area contributed by atoms with Crippen molar-refractivity contribution in [3.63, 3.8) is 0 Å². The van der Waals surface area contributed by atoms with Gasteiger partial charge in [0.2, 0.25) is 5.91 Å². The van der Waals surface area contributed by atoms with Crippen molar-refractivity contribution >= 4 is 39.7 Å². The van der Waals surface area contributed by atoms with Crippen molar-refractivity contribution in [3.05, 3.63) is 75.8 Å². The van der Waals surface area contributed by atoms with Crippen molar-refractivity contribution in [3.8, 4) is 0 Å². The van der Waals surface area contributed by atoms with E-state index in [-0.39, 0.29) is 12.5 Å². The van der Waals surface area contributed by atoms with Crippen LogP contribution in [0.2, 0.25) is 5.02 Å². The van der Waals surface area contributed by atoms with E-state index in [1.54, 1.807) is 6.20 Å². The molecule has 3 aromatic rings. The number of carbonyl (C=O) groups excluding carboxylic acids is 1. The molecule has 0 saturated heterocycles. The molecule has 0 aliphatic carbocycles. The summed E-state index contributed by atoms with van der Waals surface area (Å²) < 4.78 is 0. The molecule has 0 aliphatic rings. The Bertz CT molecular complexity index is 894. The number of aryl methyl sites for hydroxylation is 1. The molecule has 0 radical (unpaired) electrons. The Morgan fingerprint density at radius 2 is 2.04 bits per heavy atom. The predicted octanol–water partition coefficient (Wildman–Crippen LogP) is 5.00. The molecule has 4 nitrogen and oxygen atoms in total. The summed E-state index contributed by atoms with van der Waals surface area (Å²) in [7, 11) is 0. The number of nitrogens with zero attached hydrogens (tertiary/aromatic N) is 1. The van der Waals surface area contributed by atoms with Gasteiger partial charge in [-0.1, -0.05) is 48.9 Å². The number of rotatable bonds is 7. The quantitative estimate of drug-likeness (QED) is 0.601. The second-order valence-electron chi connectivity index (χ2n) is 5.85. The number of para-hydroxylation sites is 1. The first-order valence-corrected chi connectivity index (χ1v) is 9.64. The summed E-state index contributed by atoms with van der Waals surface area (Å²) >= 11 is 7.49. The molecule has 1 aromatic heterocycles. The van der Waals surface area contributed by atoms with Gasteiger partial charge in [0.15, 0.2) is 5.13 Å². The van der Waals surface area contributed by atoms with Crippen molar-refractivity contribution < 1.29 is 4.79 Å². The average Bonchev–Trinajstić information content (AvgIpc) is 3.07. The topological polar surface area (TPSA) is 54.0 Å². The number of carbonyl (C=O) groups is 1. The van der Waals surface area contributed by atoms with Crippen LogP contribution in [0.1, 0.15) is 22.9 Å². The van der Waals surface area contributed by atoms with Crippen LogP contribution in [0.25, 0.3) is 0 Å². The first kappa shape index (κ1) is 18.4. The molecule has 6 heteroatoms. The summed E-state index contributed by atoms with van der Waals surface area (Å²) in [6, 6.07) is 15.8. The zero-order chi connectivity index (χ0) is 18.4. The predicted molar refractivity (Wildman–Crippen MR) is 109 cm³/mol. The molecule has 1 heterocycles. The summed E-state index contributed by atoms with van der Waals surface area (Å²) in [5.74, 6) is -0.112. The molecule has 0 aliphatic heterocycles. The van der Waals surface area contributed by atoms with Crippen LogP contribution in [0.5, 0.6) is 0 Å².